The summed E-state index contributed by atoms with van der Waals surface area (Å²) in [6.07, 6.45) is 6.59. The number of nitrogens with zero attached hydrogens (tertiary/aromatic N) is 3. The molecule has 0 aromatic heterocycles. The Morgan fingerprint density at radius 3 is 2.55 bits per heavy atom. The number of hydrogen-bond acceptors (Lipinski definition) is 3. The first kappa shape index (κ1) is 21.6. The number of hydrogen-bond donors (Lipinski definition) is 2. The highest BCUT2D eigenvalue weighted by Crippen LogP contribution is 2.21. The van der Waals surface area contributed by atoms with Gasteiger partial charge >= 0.3 is 0 Å². The van der Waals surface area contributed by atoms with E-state index in [4.69, 9.17) is 0 Å². The second kappa shape index (κ2) is 11.2. The predicted octanol–water partition coefficient (Wildman–Crippen LogP) is 2.46. The lowest BCUT2D eigenvalue weighted by Crippen LogP contribution is -2.51. The number of piperidine rings is 2. The fourth-order valence-corrected chi connectivity index (χ4v) is 4.57. The molecule has 2 heterocycles. The van der Waals surface area contributed by atoms with Gasteiger partial charge in [-0.3, -0.25) is 14.7 Å². The predicted molar refractivity (Wildman–Crippen MR) is 119 cm³/mol. The summed E-state index contributed by atoms with van der Waals surface area (Å²) in [5, 5.41) is 6.39. The molecule has 1 aromatic carbocycles. The van der Waals surface area contributed by atoms with Crippen molar-refractivity contribution in [1.29, 1.82) is 0 Å². The van der Waals surface area contributed by atoms with Crippen LogP contribution in [0.15, 0.2) is 35.3 Å². The average molecular weight is 400 g/mol. The van der Waals surface area contributed by atoms with Crippen molar-refractivity contribution in [3.8, 4) is 0 Å². The third-order valence-electron chi connectivity index (χ3n) is 6.35. The summed E-state index contributed by atoms with van der Waals surface area (Å²) in [6.45, 7) is 5.08. The van der Waals surface area contributed by atoms with Crippen LogP contribution in [0.3, 0.4) is 0 Å². The van der Waals surface area contributed by atoms with Gasteiger partial charge in [-0.15, -0.1) is 0 Å². The van der Waals surface area contributed by atoms with Crippen LogP contribution >= 0.6 is 0 Å². The minimum absolute atomic E-state index is 0.154. The van der Waals surface area contributed by atoms with Gasteiger partial charge in [0.15, 0.2) is 5.96 Å². The van der Waals surface area contributed by atoms with E-state index in [1.54, 1.807) is 7.05 Å². The molecule has 2 fully saturated rings. The maximum absolute atomic E-state index is 11.6. The molecule has 29 heavy (non-hydrogen) atoms. The highest BCUT2D eigenvalue weighted by molar-refractivity contribution is 5.80. The summed E-state index contributed by atoms with van der Waals surface area (Å²) in [7, 11) is 3.59. The summed E-state index contributed by atoms with van der Waals surface area (Å²) >= 11 is 0. The molecular weight excluding hydrogens is 362 g/mol. The number of amides is 1. The van der Waals surface area contributed by atoms with Gasteiger partial charge in [0.25, 0.3) is 0 Å². The zero-order chi connectivity index (χ0) is 20.5. The summed E-state index contributed by atoms with van der Waals surface area (Å²) in [5.41, 5.74) is 1.39. The van der Waals surface area contributed by atoms with Gasteiger partial charge in [0.1, 0.15) is 0 Å². The van der Waals surface area contributed by atoms with Gasteiger partial charge in [0.05, 0.1) is 0 Å². The minimum atomic E-state index is 0.154. The molecule has 1 unspecified atom stereocenters. The van der Waals surface area contributed by atoms with Gasteiger partial charge in [-0.25, -0.2) is 0 Å². The number of carbonyl (C=O) groups is 1. The van der Waals surface area contributed by atoms with Crippen LogP contribution in [0.2, 0.25) is 0 Å². The van der Waals surface area contributed by atoms with Crippen molar-refractivity contribution in [2.24, 2.45) is 10.9 Å². The molecule has 0 radical (unpaired) electrons. The highest BCUT2D eigenvalue weighted by atomic mass is 16.1. The Balaban J connectivity index is 1.48. The van der Waals surface area contributed by atoms with Gasteiger partial charge < -0.3 is 15.5 Å². The van der Waals surface area contributed by atoms with E-state index in [1.165, 1.54) is 31.4 Å². The highest BCUT2D eigenvalue weighted by Gasteiger charge is 2.26. The summed E-state index contributed by atoms with van der Waals surface area (Å²) in [6, 6.07) is 11.3. The molecule has 1 amide bonds. The topological polar surface area (TPSA) is 60.0 Å². The van der Waals surface area contributed by atoms with Crippen LogP contribution < -0.4 is 10.6 Å². The Kier molecular flexibility index (Phi) is 8.35. The number of nitrogens with one attached hydrogen (secondary N) is 2. The second-order valence-corrected chi connectivity index (χ2v) is 8.34. The number of likely N-dealkylation sites (tertiary alicyclic amines) is 2. The summed E-state index contributed by atoms with van der Waals surface area (Å²) < 4.78 is 0. The van der Waals surface area contributed by atoms with E-state index in [1.807, 2.05) is 7.05 Å². The first-order chi connectivity index (χ1) is 14.2. The van der Waals surface area contributed by atoms with Crippen molar-refractivity contribution in [3.63, 3.8) is 0 Å². The standard InChI is InChI=1S/C23H37N5O/c1-24-22(29)16-19-11-14-27(15-12-19)23(25-2)26-17-21-10-6-7-13-28(21)18-20-8-4-3-5-9-20/h3-5,8-9,19,21H,6-7,10-18H2,1-2H3,(H,24,29)(H,25,26). The Morgan fingerprint density at radius 1 is 1.10 bits per heavy atom. The van der Waals surface area contributed by atoms with Gasteiger partial charge in [0.2, 0.25) is 5.91 Å². The van der Waals surface area contributed by atoms with Crippen LogP contribution in [-0.4, -0.2) is 68.0 Å². The van der Waals surface area contributed by atoms with Crippen LogP contribution in [0, 0.1) is 5.92 Å². The van der Waals surface area contributed by atoms with Crippen LogP contribution in [-0.2, 0) is 11.3 Å². The number of aliphatic imine (C=N–C) groups is 1. The van der Waals surface area contributed by atoms with Gasteiger partial charge in [-0.05, 0) is 43.7 Å². The molecule has 1 aromatic rings. The van der Waals surface area contributed by atoms with Crippen molar-refractivity contribution in [2.75, 3.05) is 40.3 Å². The quantitative estimate of drug-likeness (QED) is 0.570. The third kappa shape index (κ3) is 6.46. The molecule has 0 saturated carbocycles. The Labute approximate surface area is 175 Å². The average Bonchev–Trinajstić information content (AvgIpc) is 2.77. The van der Waals surface area contributed by atoms with Crippen molar-refractivity contribution >= 4 is 11.9 Å². The van der Waals surface area contributed by atoms with Gasteiger partial charge in [0, 0.05) is 52.7 Å². The lowest BCUT2D eigenvalue weighted by molar-refractivity contribution is -0.121. The Bertz CT molecular complexity index is 654. The molecule has 3 rings (SSSR count). The fraction of sp³-hybridized carbons (Fsp3) is 0.652. The van der Waals surface area contributed by atoms with E-state index in [9.17, 15) is 4.79 Å². The molecule has 0 bridgehead atoms. The SMILES string of the molecule is CN=C(NCC1CCCCN1Cc1ccccc1)N1CCC(CC(=O)NC)CC1. The normalized spacial score (nSPS) is 21.8. The van der Waals surface area contributed by atoms with E-state index in [2.05, 4.69) is 55.8 Å². The van der Waals surface area contributed by atoms with Crippen LogP contribution in [0.4, 0.5) is 0 Å². The van der Waals surface area contributed by atoms with E-state index in [-0.39, 0.29) is 5.91 Å². The van der Waals surface area contributed by atoms with E-state index in [0.717, 1.165) is 45.0 Å². The van der Waals surface area contributed by atoms with E-state index < -0.39 is 0 Å². The fourth-order valence-electron chi connectivity index (χ4n) is 4.57. The van der Waals surface area contributed by atoms with Crippen LogP contribution in [0.5, 0.6) is 0 Å². The molecule has 160 valence electrons. The largest absolute Gasteiger partial charge is 0.359 e. The Morgan fingerprint density at radius 2 is 1.86 bits per heavy atom. The second-order valence-electron chi connectivity index (χ2n) is 8.34. The van der Waals surface area contributed by atoms with Crippen molar-refractivity contribution in [3.05, 3.63) is 35.9 Å². The summed E-state index contributed by atoms with van der Waals surface area (Å²) in [5.74, 6) is 1.65. The zero-order valence-corrected chi connectivity index (χ0v) is 18.1. The zero-order valence-electron chi connectivity index (χ0n) is 18.1. The third-order valence-corrected chi connectivity index (χ3v) is 6.35. The summed E-state index contributed by atoms with van der Waals surface area (Å²) in [4.78, 5) is 21.1. The van der Waals surface area contributed by atoms with Crippen molar-refractivity contribution in [1.82, 2.24) is 20.4 Å². The number of carbonyl (C=O) groups excluding carboxylic acids is 1. The maximum atomic E-state index is 11.6. The molecule has 2 saturated heterocycles. The number of benzene rings is 1. The molecule has 2 aliphatic rings. The molecule has 0 spiro atoms. The molecule has 2 N–H and O–H groups in total. The van der Waals surface area contributed by atoms with Crippen LogP contribution in [0.1, 0.15) is 44.1 Å². The van der Waals surface area contributed by atoms with E-state index in [0.29, 0.717) is 18.4 Å². The van der Waals surface area contributed by atoms with E-state index >= 15 is 0 Å². The molecule has 1 atom stereocenters. The molecule has 6 nitrogen and oxygen atoms in total. The molecule has 0 aliphatic carbocycles. The first-order valence-electron chi connectivity index (χ1n) is 11.1. The molecular formula is C23H37N5O. The lowest BCUT2D eigenvalue weighted by atomic mass is 9.93. The first-order valence-corrected chi connectivity index (χ1v) is 11.1. The van der Waals surface area contributed by atoms with Crippen molar-refractivity contribution < 1.29 is 4.79 Å². The minimum Gasteiger partial charge on any atom is -0.359 e. The van der Waals surface area contributed by atoms with Crippen molar-refractivity contribution in [2.45, 2.75) is 51.1 Å². The maximum Gasteiger partial charge on any atom is 0.220 e. The van der Waals surface area contributed by atoms with Gasteiger partial charge in [-0.1, -0.05) is 36.8 Å². The lowest BCUT2D eigenvalue weighted by Gasteiger charge is -2.38. The number of rotatable bonds is 6. The Hall–Kier alpha value is -2.08. The number of guanidine groups is 1. The smallest absolute Gasteiger partial charge is 0.220 e. The van der Waals surface area contributed by atoms with Crippen LogP contribution in [0.25, 0.3) is 0 Å². The van der Waals surface area contributed by atoms with Gasteiger partial charge in [-0.2, -0.15) is 0 Å². The molecule has 6 heteroatoms. The monoisotopic (exact) mass is 399 g/mol. The molecule has 2 aliphatic heterocycles.